The maximum absolute atomic E-state index is 10.4. The van der Waals surface area contributed by atoms with Crippen molar-refractivity contribution in [3.05, 3.63) is 0 Å². The lowest BCUT2D eigenvalue weighted by atomic mass is 9.90. The molecule has 1 rings (SSSR count). The van der Waals surface area contributed by atoms with Crippen LogP contribution in [0.2, 0.25) is 0 Å². The van der Waals surface area contributed by atoms with Crippen molar-refractivity contribution in [1.82, 2.24) is 4.90 Å². The van der Waals surface area contributed by atoms with Gasteiger partial charge in [0.05, 0.1) is 5.92 Å². The van der Waals surface area contributed by atoms with Gasteiger partial charge >= 0.3 is 5.97 Å². The maximum atomic E-state index is 10.4. The van der Waals surface area contributed by atoms with Gasteiger partial charge in [0.1, 0.15) is 12.5 Å². The van der Waals surface area contributed by atoms with Gasteiger partial charge in [0.15, 0.2) is 0 Å². The molecule has 0 radical (unpaired) electrons. The lowest BCUT2D eigenvalue weighted by Crippen LogP contribution is -2.40. The Morgan fingerprint density at radius 2 is 1.65 bits per heavy atom. The largest absolute Gasteiger partial charge is 0.481 e. The van der Waals surface area contributed by atoms with E-state index in [1.165, 1.54) is 6.42 Å². The summed E-state index contributed by atoms with van der Waals surface area (Å²) in [5, 5.41) is 26.9. The van der Waals surface area contributed by atoms with Gasteiger partial charge in [-0.05, 0) is 33.1 Å². The monoisotopic (exact) mass is 289 g/mol. The first-order chi connectivity index (χ1) is 9.40. The fourth-order valence-corrected chi connectivity index (χ4v) is 2.38. The molecule has 0 aliphatic heterocycles. The molecule has 1 aliphatic rings. The van der Waals surface area contributed by atoms with E-state index in [2.05, 4.69) is 6.92 Å². The molecule has 1 saturated carbocycles. The molecule has 0 aromatic rings. The van der Waals surface area contributed by atoms with Gasteiger partial charge in [-0.3, -0.25) is 9.69 Å². The zero-order valence-electron chi connectivity index (χ0n) is 13.1. The summed E-state index contributed by atoms with van der Waals surface area (Å²) in [6, 6.07) is 0. The van der Waals surface area contributed by atoms with Gasteiger partial charge in [0, 0.05) is 6.54 Å². The molecule has 5 heteroatoms. The van der Waals surface area contributed by atoms with Gasteiger partial charge in [0.25, 0.3) is 0 Å². The molecule has 0 spiro atoms. The van der Waals surface area contributed by atoms with Crippen molar-refractivity contribution in [3.63, 3.8) is 0 Å². The summed E-state index contributed by atoms with van der Waals surface area (Å²) in [5.74, 6) is -0.631. The van der Waals surface area contributed by atoms with Crippen LogP contribution >= 0.6 is 0 Å². The first kappa shape index (κ1) is 19.4. The van der Waals surface area contributed by atoms with Gasteiger partial charge in [-0.1, -0.05) is 32.6 Å². The number of carboxylic acid groups (broad SMARTS) is 1. The van der Waals surface area contributed by atoms with Crippen LogP contribution in [-0.2, 0) is 4.79 Å². The molecule has 5 nitrogen and oxygen atoms in total. The summed E-state index contributed by atoms with van der Waals surface area (Å²) < 4.78 is 0. The SMILES string of the molecule is CCCCN(C(C)O)C(C)O.O=C(O)C1CCCCC1. The third-order valence-electron chi connectivity index (χ3n) is 3.68. The van der Waals surface area contributed by atoms with E-state index in [1.807, 2.05) is 0 Å². The standard InChI is InChI=1S/C8H19NO2.C7H12O2/c1-4-5-6-9(7(2)10)8(3)11;8-7(9)6-4-2-1-3-5-6/h7-8,10-11H,4-6H2,1-3H3;6H,1-5H2,(H,8,9). The number of rotatable bonds is 6. The van der Waals surface area contributed by atoms with Crippen LogP contribution in [0, 0.1) is 5.92 Å². The fraction of sp³-hybridized carbons (Fsp3) is 0.933. The lowest BCUT2D eigenvalue weighted by molar-refractivity contribution is -0.142. The predicted octanol–water partition coefficient (Wildman–Crippen LogP) is 2.42. The number of hydrogen-bond donors (Lipinski definition) is 3. The van der Waals surface area contributed by atoms with Crippen LogP contribution in [0.3, 0.4) is 0 Å². The zero-order valence-corrected chi connectivity index (χ0v) is 13.1. The molecule has 0 heterocycles. The van der Waals surface area contributed by atoms with E-state index in [1.54, 1.807) is 18.7 Å². The number of hydrogen-bond acceptors (Lipinski definition) is 4. The highest BCUT2D eigenvalue weighted by atomic mass is 16.4. The topological polar surface area (TPSA) is 81.0 Å². The summed E-state index contributed by atoms with van der Waals surface area (Å²) in [6.07, 6.45) is 6.22. The molecule has 0 aromatic carbocycles. The third kappa shape index (κ3) is 8.51. The Bertz CT molecular complexity index is 242. The molecule has 2 atom stereocenters. The number of nitrogens with zero attached hydrogens (tertiary/aromatic N) is 1. The quantitative estimate of drug-likeness (QED) is 0.654. The van der Waals surface area contributed by atoms with E-state index in [0.717, 1.165) is 45.1 Å². The minimum Gasteiger partial charge on any atom is -0.481 e. The Balaban J connectivity index is 0.000000367. The molecule has 3 N–H and O–H groups in total. The summed E-state index contributed by atoms with van der Waals surface area (Å²) in [5.41, 5.74) is 0. The second-order valence-electron chi connectivity index (χ2n) is 5.53. The van der Waals surface area contributed by atoms with Crippen molar-refractivity contribution in [2.75, 3.05) is 6.54 Å². The van der Waals surface area contributed by atoms with E-state index in [9.17, 15) is 15.0 Å². The summed E-state index contributed by atoms with van der Waals surface area (Å²) in [7, 11) is 0. The summed E-state index contributed by atoms with van der Waals surface area (Å²) in [4.78, 5) is 12.0. The third-order valence-corrected chi connectivity index (χ3v) is 3.68. The fourth-order valence-electron chi connectivity index (χ4n) is 2.38. The van der Waals surface area contributed by atoms with Crippen molar-refractivity contribution < 1.29 is 20.1 Å². The minimum absolute atomic E-state index is 0.0289. The Morgan fingerprint density at radius 1 is 1.15 bits per heavy atom. The number of aliphatic carboxylic acids is 1. The second-order valence-corrected chi connectivity index (χ2v) is 5.53. The molecular formula is C15H31NO4. The van der Waals surface area contributed by atoms with Gasteiger partial charge in [0.2, 0.25) is 0 Å². The lowest BCUT2D eigenvalue weighted by Gasteiger charge is -2.27. The predicted molar refractivity (Wildman–Crippen MR) is 79.2 cm³/mol. The number of aliphatic hydroxyl groups is 2. The van der Waals surface area contributed by atoms with Crippen LogP contribution < -0.4 is 0 Å². The average molecular weight is 289 g/mol. The van der Waals surface area contributed by atoms with Crippen molar-refractivity contribution >= 4 is 5.97 Å². The maximum Gasteiger partial charge on any atom is 0.306 e. The first-order valence-corrected chi connectivity index (χ1v) is 7.74. The van der Waals surface area contributed by atoms with E-state index in [0.29, 0.717) is 0 Å². The number of aliphatic hydroxyl groups excluding tert-OH is 2. The smallest absolute Gasteiger partial charge is 0.306 e. The van der Waals surface area contributed by atoms with Gasteiger partial charge in [-0.25, -0.2) is 0 Å². The molecule has 0 aromatic heterocycles. The van der Waals surface area contributed by atoms with Crippen LogP contribution in [0.15, 0.2) is 0 Å². The summed E-state index contributed by atoms with van der Waals surface area (Å²) in [6.45, 7) is 6.18. The molecular weight excluding hydrogens is 258 g/mol. The Hall–Kier alpha value is -0.650. The second kappa shape index (κ2) is 11.1. The van der Waals surface area contributed by atoms with Crippen LogP contribution in [0.1, 0.15) is 65.7 Å². The Morgan fingerprint density at radius 3 is 1.95 bits per heavy atom. The van der Waals surface area contributed by atoms with Crippen molar-refractivity contribution in [2.45, 2.75) is 78.2 Å². The van der Waals surface area contributed by atoms with Gasteiger partial charge in [-0.15, -0.1) is 0 Å². The van der Waals surface area contributed by atoms with Crippen molar-refractivity contribution in [3.8, 4) is 0 Å². The highest BCUT2D eigenvalue weighted by molar-refractivity contribution is 5.69. The highest BCUT2D eigenvalue weighted by Crippen LogP contribution is 2.23. The molecule has 0 bridgehead atoms. The van der Waals surface area contributed by atoms with Crippen LogP contribution in [0.5, 0.6) is 0 Å². The van der Waals surface area contributed by atoms with Crippen LogP contribution in [0.4, 0.5) is 0 Å². The van der Waals surface area contributed by atoms with Crippen molar-refractivity contribution in [2.24, 2.45) is 5.92 Å². The molecule has 0 amide bonds. The molecule has 1 aliphatic carbocycles. The Labute approximate surface area is 122 Å². The first-order valence-electron chi connectivity index (χ1n) is 7.74. The zero-order chi connectivity index (χ0) is 15.5. The van der Waals surface area contributed by atoms with Gasteiger partial charge < -0.3 is 15.3 Å². The molecule has 1 fully saturated rings. The number of unbranched alkanes of at least 4 members (excludes halogenated alkanes) is 1. The molecule has 0 saturated heterocycles. The summed E-state index contributed by atoms with van der Waals surface area (Å²) >= 11 is 0. The molecule has 20 heavy (non-hydrogen) atoms. The van der Waals surface area contributed by atoms with E-state index >= 15 is 0 Å². The van der Waals surface area contributed by atoms with E-state index < -0.39 is 18.4 Å². The number of carboxylic acids is 1. The molecule has 120 valence electrons. The average Bonchev–Trinajstić information content (AvgIpc) is 2.40. The van der Waals surface area contributed by atoms with Crippen LogP contribution in [-0.4, -0.2) is 45.2 Å². The highest BCUT2D eigenvalue weighted by Gasteiger charge is 2.19. The minimum atomic E-state index is -0.602. The Kier molecular flexibility index (Phi) is 10.7. The van der Waals surface area contributed by atoms with E-state index in [-0.39, 0.29) is 5.92 Å². The van der Waals surface area contributed by atoms with Crippen LogP contribution in [0.25, 0.3) is 0 Å². The number of carbonyl (C=O) groups is 1. The van der Waals surface area contributed by atoms with Crippen molar-refractivity contribution in [1.29, 1.82) is 0 Å². The normalized spacial score (nSPS) is 19.1. The van der Waals surface area contributed by atoms with E-state index in [4.69, 9.17) is 5.11 Å². The molecule has 2 unspecified atom stereocenters. The van der Waals surface area contributed by atoms with Gasteiger partial charge in [-0.2, -0.15) is 0 Å².